The smallest absolute Gasteiger partial charge is 0.325 e. The summed E-state index contributed by atoms with van der Waals surface area (Å²) >= 11 is 0. The van der Waals surface area contributed by atoms with Gasteiger partial charge >= 0.3 is 6.03 Å². The molecule has 1 saturated heterocycles. The molecule has 0 radical (unpaired) electrons. The maximum Gasteiger partial charge on any atom is 0.325 e. The maximum absolute atomic E-state index is 12.7. The molecule has 4 amide bonds. The van der Waals surface area contributed by atoms with E-state index in [-0.39, 0.29) is 12.5 Å². The third-order valence-electron chi connectivity index (χ3n) is 5.23. The Morgan fingerprint density at radius 1 is 1.19 bits per heavy atom. The molecule has 1 aromatic heterocycles. The highest BCUT2D eigenvalue weighted by Gasteiger charge is 2.51. The van der Waals surface area contributed by atoms with E-state index in [0.717, 1.165) is 35.3 Å². The van der Waals surface area contributed by atoms with E-state index >= 15 is 0 Å². The quantitative estimate of drug-likeness (QED) is 0.721. The first-order valence-electron chi connectivity index (χ1n) is 9.11. The summed E-state index contributed by atoms with van der Waals surface area (Å²) in [6, 6.07) is 6.82. The number of benzene rings is 1. The van der Waals surface area contributed by atoms with Gasteiger partial charge in [0.25, 0.3) is 5.91 Å². The first kappa shape index (κ1) is 17.3. The van der Waals surface area contributed by atoms with Gasteiger partial charge in [0, 0.05) is 17.4 Å². The number of hydrogen-bond donors (Lipinski definition) is 3. The molecule has 0 atom stereocenters. The average Bonchev–Trinajstić information content (AvgIpc) is 3.27. The lowest BCUT2D eigenvalue weighted by atomic mass is 9.82. The molecule has 1 spiro atoms. The van der Waals surface area contributed by atoms with Crippen LogP contribution in [0.1, 0.15) is 32.1 Å². The number of carbonyl (C=O) groups is 3. The van der Waals surface area contributed by atoms with Gasteiger partial charge in [0.15, 0.2) is 0 Å². The van der Waals surface area contributed by atoms with Crippen LogP contribution in [0.4, 0.5) is 10.5 Å². The predicted octanol–water partition coefficient (Wildman–Crippen LogP) is 2.27. The molecule has 2 aromatic rings. The van der Waals surface area contributed by atoms with Crippen LogP contribution in [0.2, 0.25) is 0 Å². The second kappa shape index (κ2) is 6.86. The summed E-state index contributed by atoms with van der Waals surface area (Å²) in [6.07, 6.45) is 7.62. The molecule has 8 heteroatoms. The topological polar surface area (TPSA) is 107 Å². The van der Waals surface area contributed by atoms with Gasteiger partial charge in [0.2, 0.25) is 5.91 Å². The number of H-pyrrole nitrogens is 1. The number of aromatic amines is 1. The molecule has 1 saturated carbocycles. The number of amides is 4. The number of nitrogens with zero attached hydrogens (tertiary/aromatic N) is 2. The van der Waals surface area contributed by atoms with Crippen molar-refractivity contribution >= 4 is 23.5 Å². The highest BCUT2D eigenvalue weighted by molar-refractivity contribution is 6.10. The van der Waals surface area contributed by atoms with E-state index in [9.17, 15) is 14.4 Å². The Kier molecular flexibility index (Phi) is 4.39. The van der Waals surface area contributed by atoms with Gasteiger partial charge in [0.05, 0.1) is 6.20 Å². The van der Waals surface area contributed by atoms with Crippen molar-refractivity contribution in [2.75, 3.05) is 11.9 Å². The summed E-state index contributed by atoms with van der Waals surface area (Å²) in [5, 5.41) is 12.2. The number of imide groups is 1. The third-order valence-corrected chi connectivity index (χ3v) is 5.23. The Balaban J connectivity index is 1.43. The lowest BCUT2D eigenvalue weighted by molar-refractivity contribution is -0.134. The molecule has 1 aliphatic heterocycles. The van der Waals surface area contributed by atoms with Crippen LogP contribution in [0.5, 0.6) is 0 Å². The highest BCUT2D eigenvalue weighted by Crippen LogP contribution is 2.33. The number of carbonyl (C=O) groups excluding carboxylic acids is 3. The molecule has 3 N–H and O–H groups in total. The minimum atomic E-state index is -0.809. The van der Waals surface area contributed by atoms with E-state index in [1.165, 1.54) is 0 Å². The monoisotopic (exact) mass is 367 g/mol. The van der Waals surface area contributed by atoms with E-state index < -0.39 is 17.5 Å². The zero-order valence-corrected chi connectivity index (χ0v) is 14.8. The fraction of sp³-hybridized carbons (Fsp3) is 0.368. The Bertz CT molecular complexity index is 871. The van der Waals surface area contributed by atoms with Gasteiger partial charge in [-0.2, -0.15) is 5.10 Å². The predicted molar refractivity (Wildman–Crippen MR) is 98.7 cm³/mol. The fourth-order valence-electron chi connectivity index (χ4n) is 3.84. The SMILES string of the molecule is O=C(CN1C(=O)NC2(CCCCC2)C1=O)Nc1cccc(-c2cn[nH]c2)c1. The zero-order chi connectivity index (χ0) is 18.9. The molecule has 1 aromatic carbocycles. The molecule has 2 fully saturated rings. The van der Waals surface area contributed by atoms with Crippen molar-refractivity contribution in [2.45, 2.75) is 37.6 Å². The van der Waals surface area contributed by atoms with E-state index in [4.69, 9.17) is 0 Å². The van der Waals surface area contributed by atoms with Crippen molar-refractivity contribution in [3.05, 3.63) is 36.7 Å². The van der Waals surface area contributed by atoms with Gasteiger partial charge in [-0.1, -0.05) is 31.4 Å². The Hall–Kier alpha value is -3.16. The molecule has 1 aliphatic carbocycles. The molecule has 0 bridgehead atoms. The maximum atomic E-state index is 12.7. The number of anilines is 1. The molecule has 140 valence electrons. The first-order valence-corrected chi connectivity index (χ1v) is 9.11. The number of aromatic nitrogens is 2. The van der Waals surface area contributed by atoms with Crippen molar-refractivity contribution in [3.8, 4) is 11.1 Å². The van der Waals surface area contributed by atoms with Crippen LogP contribution in [0.3, 0.4) is 0 Å². The molecule has 2 aliphatic rings. The third kappa shape index (κ3) is 3.30. The number of nitrogens with one attached hydrogen (secondary N) is 3. The van der Waals surface area contributed by atoms with Crippen LogP contribution in [0.25, 0.3) is 11.1 Å². The summed E-state index contributed by atoms with van der Waals surface area (Å²) in [5.41, 5.74) is 1.59. The van der Waals surface area contributed by atoms with E-state index in [1.807, 2.05) is 18.2 Å². The second-order valence-electron chi connectivity index (χ2n) is 7.08. The lowest BCUT2D eigenvalue weighted by Gasteiger charge is -2.30. The normalized spacial score (nSPS) is 18.6. The lowest BCUT2D eigenvalue weighted by Crippen LogP contribution is -2.48. The van der Waals surface area contributed by atoms with Crippen LogP contribution in [0.15, 0.2) is 36.7 Å². The largest absolute Gasteiger partial charge is 0.325 e. The first-order chi connectivity index (χ1) is 13.1. The van der Waals surface area contributed by atoms with Crippen LogP contribution in [0, 0.1) is 0 Å². The number of urea groups is 1. The molecule has 8 nitrogen and oxygen atoms in total. The number of hydrogen-bond acceptors (Lipinski definition) is 4. The van der Waals surface area contributed by atoms with Crippen LogP contribution in [-0.4, -0.2) is 45.0 Å². The van der Waals surface area contributed by atoms with Gasteiger partial charge in [0.1, 0.15) is 12.1 Å². The van der Waals surface area contributed by atoms with Crippen molar-refractivity contribution < 1.29 is 14.4 Å². The molecule has 27 heavy (non-hydrogen) atoms. The Morgan fingerprint density at radius 3 is 2.74 bits per heavy atom. The summed E-state index contributed by atoms with van der Waals surface area (Å²) in [4.78, 5) is 38.5. The summed E-state index contributed by atoms with van der Waals surface area (Å²) in [5.74, 6) is -0.690. The Labute approximate surface area is 156 Å². The Morgan fingerprint density at radius 2 is 2.00 bits per heavy atom. The van der Waals surface area contributed by atoms with Crippen molar-refractivity contribution in [2.24, 2.45) is 0 Å². The van der Waals surface area contributed by atoms with E-state index in [2.05, 4.69) is 20.8 Å². The zero-order valence-electron chi connectivity index (χ0n) is 14.8. The fourth-order valence-corrected chi connectivity index (χ4v) is 3.84. The van der Waals surface area contributed by atoms with Crippen LogP contribution < -0.4 is 10.6 Å². The molecule has 4 rings (SSSR count). The average molecular weight is 367 g/mol. The van der Waals surface area contributed by atoms with Gasteiger partial charge in [-0.3, -0.25) is 19.6 Å². The van der Waals surface area contributed by atoms with Gasteiger partial charge in [-0.25, -0.2) is 4.79 Å². The minimum Gasteiger partial charge on any atom is -0.325 e. The second-order valence-corrected chi connectivity index (χ2v) is 7.08. The van der Waals surface area contributed by atoms with Gasteiger partial charge in [-0.05, 0) is 30.5 Å². The highest BCUT2D eigenvalue weighted by atomic mass is 16.2. The van der Waals surface area contributed by atoms with Gasteiger partial charge in [-0.15, -0.1) is 0 Å². The van der Waals surface area contributed by atoms with E-state index in [1.54, 1.807) is 18.5 Å². The van der Waals surface area contributed by atoms with Crippen LogP contribution >= 0.6 is 0 Å². The summed E-state index contributed by atoms with van der Waals surface area (Å²) in [6.45, 7) is -0.289. The van der Waals surface area contributed by atoms with Crippen LogP contribution in [-0.2, 0) is 9.59 Å². The summed E-state index contributed by atoms with van der Waals surface area (Å²) in [7, 11) is 0. The summed E-state index contributed by atoms with van der Waals surface area (Å²) < 4.78 is 0. The molecular formula is C19H21N5O3. The van der Waals surface area contributed by atoms with Crippen molar-refractivity contribution in [1.82, 2.24) is 20.4 Å². The molecular weight excluding hydrogens is 346 g/mol. The van der Waals surface area contributed by atoms with Crippen molar-refractivity contribution in [1.29, 1.82) is 0 Å². The van der Waals surface area contributed by atoms with E-state index in [0.29, 0.717) is 18.5 Å². The molecule has 0 unspecified atom stereocenters. The number of rotatable bonds is 4. The minimum absolute atomic E-state index is 0.283. The standard InChI is InChI=1S/C19H21N5O3/c25-16(22-15-6-4-5-13(9-15)14-10-20-21-11-14)12-24-17(26)19(23-18(24)27)7-2-1-3-8-19/h4-6,9-11H,1-3,7-8,12H2,(H,20,21)(H,22,25)(H,23,27). The molecule has 2 heterocycles. The van der Waals surface area contributed by atoms with Gasteiger partial charge < -0.3 is 10.6 Å². The van der Waals surface area contributed by atoms with Crippen molar-refractivity contribution in [3.63, 3.8) is 0 Å².